The van der Waals surface area contributed by atoms with Gasteiger partial charge in [-0.05, 0) is 24.5 Å². The molecular formula is C14H14N6O. The number of nitrogens with two attached hydrogens (primary N) is 1. The number of anilines is 1. The zero-order valence-electron chi connectivity index (χ0n) is 11.8. The van der Waals surface area contributed by atoms with Gasteiger partial charge in [-0.1, -0.05) is 0 Å². The average molecular weight is 282 g/mol. The van der Waals surface area contributed by atoms with Crippen LogP contribution in [0.1, 0.15) is 29.5 Å². The molecule has 0 spiro atoms. The molecule has 0 amide bonds. The van der Waals surface area contributed by atoms with Crippen molar-refractivity contribution in [3.05, 3.63) is 29.4 Å². The highest BCUT2D eigenvalue weighted by Crippen LogP contribution is 2.34. The first-order valence-electron chi connectivity index (χ1n) is 6.74. The van der Waals surface area contributed by atoms with Crippen LogP contribution in [0.4, 0.5) is 5.82 Å². The van der Waals surface area contributed by atoms with Gasteiger partial charge in [0.1, 0.15) is 17.8 Å². The number of aromatic nitrogens is 5. The number of nitrogen functional groups attached to an aromatic ring is 1. The molecule has 3 aromatic heterocycles. The molecule has 7 heteroatoms. The summed E-state index contributed by atoms with van der Waals surface area (Å²) >= 11 is 0. The largest absolute Gasteiger partial charge is 0.441 e. The maximum absolute atomic E-state index is 6.01. The lowest BCUT2D eigenvalue weighted by Gasteiger charge is -2.09. The Hall–Kier alpha value is -2.70. The lowest BCUT2D eigenvalue weighted by Crippen LogP contribution is -2.00. The van der Waals surface area contributed by atoms with Crippen molar-refractivity contribution in [2.24, 2.45) is 7.05 Å². The Labute approximate surface area is 120 Å². The fourth-order valence-electron chi connectivity index (χ4n) is 2.78. The summed E-state index contributed by atoms with van der Waals surface area (Å²) in [5.74, 6) is 1.94. The average Bonchev–Trinajstić information content (AvgIpc) is 2.99. The summed E-state index contributed by atoms with van der Waals surface area (Å²) in [5.41, 5.74) is 9.64. The quantitative estimate of drug-likeness (QED) is 0.730. The molecule has 106 valence electrons. The van der Waals surface area contributed by atoms with E-state index >= 15 is 0 Å². The van der Waals surface area contributed by atoms with Gasteiger partial charge in [0.05, 0.1) is 11.1 Å². The van der Waals surface area contributed by atoms with Crippen molar-refractivity contribution in [3.8, 4) is 0 Å². The van der Waals surface area contributed by atoms with E-state index in [1.165, 1.54) is 6.33 Å². The molecule has 2 N–H and O–H groups in total. The van der Waals surface area contributed by atoms with Crippen LogP contribution in [0.2, 0.25) is 0 Å². The van der Waals surface area contributed by atoms with Crippen molar-refractivity contribution in [1.82, 2.24) is 24.7 Å². The van der Waals surface area contributed by atoms with Gasteiger partial charge in [-0.3, -0.25) is 0 Å². The number of rotatable bonds is 1. The summed E-state index contributed by atoms with van der Waals surface area (Å²) in [4.78, 5) is 12.7. The minimum atomic E-state index is 0.448. The van der Waals surface area contributed by atoms with Crippen LogP contribution in [-0.2, 0) is 13.5 Å². The van der Waals surface area contributed by atoms with Crippen LogP contribution >= 0.6 is 0 Å². The maximum atomic E-state index is 6.01. The molecule has 0 saturated carbocycles. The standard InChI is InChI=1S/C14H14N6O/c1-7-18-9-4-3-8(5-10(9)21-7)12-11-13(15)16-6-17-14(11)20(2)19-12/h5-6H,3-4H2,1-2H3,(H2,15,16,17). The van der Waals surface area contributed by atoms with Crippen LogP contribution in [0.3, 0.4) is 0 Å². The van der Waals surface area contributed by atoms with Crippen LogP contribution in [0.5, 0.6) is 0 Å². The molecule has 3 aromatic rings. The number of aryl methyl sites for hydroxylation is 3. The van der Waals surface area contributed by atoms with Crippen LogP contribution in [0, 0.1) is 6.92 Å². The van der Waals surface area contributed by atoms with Crippen molar-refractivity contribution in [1.29, 1.82) is 0 Å². The number of fused-ring (bicyclic) bond motifs is 2. The molecule has 7 nitrogen and oxygen atoms in total. The molecule has 0 atom stereocenters. The Balaban J connectivity index is 1.94. The van der Waals surface area contributed by atoms with Crippen LogP contribution in [0.25, 0.3) is 22.7 Å². The van der Waals surface area contributed by atoms with Gasteiger partial charge < -0.3 is 10.2 Å². The van der Waals surface area contributed by atoms with Gasteiger partial charge in [-0.2, -0.15) is 5.10 Å². The molecule has 0 aliphatic heterocycles. The van der Waals surface area contributed by atoms with Crippen molar-refractivity contribution >= 4 is 28.5 Å². The van der Waals surface area contributed by atoms with Gasteiger partial charge >= 0.3 is 0 Å². The Kier molecular flexibility index (Phi) is 2.38. The third kappa shape index (κ3) is 1.74. The molecule has 0 saturated heterocycles. The van der Waals surface area contributed by atoms with E-state index in [1.54, 1.807) is 4.68 Å². The minimum Gasteiger partial charge on any atom is -0.441 e. The number of hydrogen-bond acceptors (Lipinski definition) is 6. The number of nitrogens with zero attached hydrogens (tertiary/aromatic N) is 5. The molecule has 0 unspecified atom stereocenters. The summed E-state index contributed by atoms with van der Waals surface area (Å²) in [6.07, 6.45) is 5.13. The second-order valence-corrected chi connectivity index (χ2v) is 5.14. The van der Waals surface area contributed by atoms with E-state index in [1.807, 2.05) is 20.0 Å². The van der Waals surface area contributed by atoms with Crippen LogP contribution < -0.4 is 5.73 Å². The summed E-state index contributed by atoms with van der Waals surface area (Å²) in [6.45, 7) is 1.85. The monoisotopic (exact) mass is 282 g/mol. The van der Waals surface area contributed by atoms with E-state index in [4.69, 9.17) is 10.2 Å². The third-order valence-corrected chi connectivity index (χ3v) is 3.73. The topological polar surface area (TPSA) is 95.6 Å². The highest BCUT2D eigenvalue weighted by atomic mass is 16.4. The van der Waals surface area contributed by atoms with Crippen molar-refractivity contribution in [2.75, 3.05) is 5.73 Å². The molecule has 0 aromatic carbocycles. The Morgan fingerprint density at radius 3 is 3.00 bits per heavy atom. The van der Waals surface area contributed by atoms with E-state index in [0.717, 1.165) is 46.6 Å². The van der Waals surface area contributed by atoms with Gasteiger partial charge in [-0.15, -0.1) is 0 Å². The molecule has 21 heavy (non-hydrogen) atoms. The summed E-state index contributed by atoms with van der Waals surface area (Å²) in [6, 6.07) is 0. The highest BCUT2D eigenvalue weighted by molar-refractivity contribution is 5.99. The first-order chi connectivity index (χ1) is 10.1. The Morgan fingerprint density at radius 2 is 2.14 bits per heavy atom. The van der Waals surface area contributed by atoms with Crippen LogP contribution in [-0.4, -0.2) is 24.7 Å². The summed E-state index contributed by atoms with van der Waals surface area (Å²) in [7, 11) is 1.85. The molecule has 0 radical (unpaired) electrons. The van der Waals surface area contributed by atoms with Crippen molar-refractivity contribution in [3.63, 3.8) is 0 Å². The van der Waals surface area contributed by atoms with E-state index in [-0.39, 0.29) is 0 Å². The SMILES string of the molecule is Cc1nc2c(o1)C=C(c1nn(C)c3ncnc(N)c13)CC2. The lowest BCUT2D eigenvalue weighted by molar-refractivity contribution is 0.511. The second kappa shape index (κ2) is 4.15. The van der Waals surface area contributed by atoms with Gasteiger partial charge in [0, 0.05) is 14.0 Å². The molecule has 1 aliphatic rings. The lowest BCUT2D eigenvalue weighted by atomic mass is 9.97. The maximum Gasteiger partial charge on any atom is 0.192 e. The second-order valence-electron chi connectivity index (χ2n) is 5.14. The third-order valence-electron chi connectivity index (χ3n) is 3.73. The van der Waals surface area contributed by atoms with Gasteiger partial charge in [0.15, 0.2) is 17.3 Å². The van der Waals surface area contributed by atoms with Crippen LogP contribution in [0.15, 0.2) is 10.7 Å². The predicted octanol–water partition coefficient (Wildman–Crippen LogP) is 1.73. The van der Waals surface area contributed by atoms with E-state index < -0.39 is 0 Å². The number of allylic oxidation sites excluding steroid dienone is 1. The highest BCUT2D eigenvalue weighted by Gasteiger charge is 2.22. The minimum absolute atomic E-state index is 0.448. The van der Waals surface area contributed by atoms with E-state index in [0.29, 0.717) is 11.7 Å². The number of oxazole rings is 1. The zero-order valence-corrected chi connectivity index (χ0v) is 11.8. The molecule has 3 heterocycles. The molecule has 0 bridgehead atoms. The predicted molar refractivity (Wildman–Crippen MR) is 78.1 cm³/mol. The number of hydrogen-bond donors (Lipinski definition) is 1. The van der Waals surface area contributed by atoms with Gasteiger partial charge in [-0.25, -0.2) is 19.6 Å². The zero-order chi connectivity index (χ0) is 14.6. The normalized spacial score (nSPS) is 14.3. The first-order valence-corrected chi connectivity index (χ1v) is 6.74. The molecular weight excluding hydrogens is 268 g/mol. The fourth-order valence-corrected chi connectivity index (χ4v) is 2.78. The summed E-state index contributed by atoms with van der Waals surface area (Å²) in [5, 5.41) is 5.35. The summed E-state index contributed by atoms with van der Waals surface area (Å²) < 4.78 is 7.35. The van der Waals surface area contributed by atoms with Crippen molar-refractivity contribution < 1.29 is 4.42 Å². The molecule has 4 rings (SSSR count). The van der Waals surface area contributed by atoms with Crippen molar-refractivity contribution in [2.45, 2.75) is 19.8 Å². The molecule has 1 aliphatic carbocycles. The first kappa shape index (κ1) is 12.1. The Bertz CT molecular complexity index is 888. The van der Waals surface area contributed by atoms with E-state index in [9.17, 15) is 0 Å². The smallest absolute Gasteiger partial charge is 0.192 e. The van der Waals surface area contributed by atoms with E-state index in [2.05, 4.69) is 20.1 Å². The fraction of sp³-hybridized carbons (Fsp3) is 0.286. The Morgan fingerprint density at radius 1 is 1.29 bits per heavy atom. The molecule has 0 fully saturated rings. The van der Waals surface area contributed by atoms with Gasteiger partial charge in [0.25, 0.3) is 0 Å². The van der Waals surface area contributed by atoms with Gasteiger partial charge in [0.2, 0.25) is 0 Å².